The molecule has 0 aliphatic rings. The zero-order valence-electron chi connectivity index (χ0n) is 9.58. The summed E-state index contributed by atoms with van der Waals surface area (Å²) in [5.41, 5.74) is 0.0234. The van der Waals surface area contributed by atoms with Crippen LogP contribution in [0.4, 0.5) is 5.69 Å². The number of anilines is 1. The fourth-order valence-corrected chi connectivity index (χ4v) is 2.68. The molecule has 0 radical (unpaired) electrons. The number of benzene rings is 1. The van der Waals surface area contributed by atoms with Crippen LogP contribution in [0.5, 0.6) is 0 Å². The zero-order chi connectivity index (χ0) is 13.9. The molecule has 0 fully saturated rings. The molecule has 7 heteroatoms. The molecule has 5 nitrogen and oxygen atoms in total. The molecule has 0 aliphatic carbocycles. The van der Waals surface area contributed by atoms with Gasteiger partial charge in [-0.25, -0.2) is 13.4 Å². The molecule has 1 aromatic carbocycles. The molecule has 19 heavy (non-hydrogen) atoms. The molecule has 0 amide bonds. The van der Waals surface area contributed by atoms with Crippen molar-refractivity contribution in [2.24, 2.45) is 0 Å². The molecule has 0 saturated carbocycles. The number of aldehydes is 1. The minimum absolute atomic E-state index is 0.0630. The number of halogens is 1. The van der Waals surface area contributed by atoms with E-state index in [9.17, 15) is 13.2 Å². The van der Waals surface area contributed by atoms with Crippen molar-refractivity contribution in [3.05, 3.63) is 53.3 Å². The summed E-state index contributed by atoms with van der Waals surface area (Å²) in [6.45, 7) is 0. The van der Waals surface area contributed by atoms with Crippen LogP contribution in [0.1, 0.15) is 10.5 Å². The molecule has 1 heterocycles. The van der Waals surface area contributed by atoms with Crippen LogP contribution in [-0.2, 0) is 10.0 Å². The standard InChI is InChI=1S/C12H9ClN2O3S/c13-12-7-6-10(11(8-16)14-12)15-19(17,18)9-4-2-1-3-5-9/h1-8,15H. The van der Waals surface area contributed by atoms with Crippen molar-refractivity contribution >= 4 is 33.6 Å². The molecule has 0 aliphatic heterocycles. The lowest BCUT2D eigenvalue weighted by Crippen LogP contribution is -2.14. The van der Waals surface area contributed by atoms with Crippen LogP contribution in [0.2, 0.25) is 5.15 Å². The predicted octanol–water partition coefficient (Wildman–Crippen LogP) is 2.35. The molecule has 0 atom stereocenters. The van der Waals surface area contributed by atoms with Gasteiger partial charge in [-0.2, -0.15) is 0 Å². The molecule has 0 saturated heterocycles. The summed E-state index contributed by atoms with van der Waals surface area (Å²) < 4.78 is 26.4. The van der Waals surface area contributed by atoms with E-state index in [1.807, 2.05) is 0 Å². The highest BCUT2D eigenvalue weighted by Crippen LogP contribution is 2.19. The van der Waals surface area contributed by atoms with Crippen molar-refractivity contribution < 1.29 is 13.2 Å². The highest BCUT2D eigenvalue weighted by molar-refractivity contribution is 7.92. The normalized spacial score (nSPS) is 11.0. The average Bonchev–Trinajstić information content (AvgIpc) is 2.41. The maximum absolute atomic E-state index is 12.1. The van der Waals surface area contributed by atoms with Crippen molar-refractivity contribution in [3.63, 3.8) is 0 Å². The smallest absolute Gasteiger partial charge is 0.261 e. The molecule has 0 spiro atoms. The Bertz CT molecular complexity index is 702. The van der Waals surface area contributed by atoms with Gasteiger partial charge in [0.05, 0.1) is 10.6 Å². The number of pyridine rings is 1. The Morgan fingerprint density at radius 1 is 1.11 bits per heavy atom. The Kier molecular flexibility index (Phi) is 3.82. The first-order valence-corrected chi connectivity index (χ1v) is 7.08. The molecule has 0 unspecified atom stereocenters. The SMILES string of the molecule is O=Cc1nc(Cl)ccc1NS(=O)(=O)c1ccccc1. The first-order valence-electron chi connectivity index (χ1n) is 5.22. The van der Waals surface area contributed by atoms with Crippen LogP contribution in [0.3, 0.4) is 0 Å². The van der Waals surface area contributed by atoms with Crippen molar-refractivity contribution in [3.8, 4) is 0 Å². The Morgan fingerprint density at radius 3 is 2.42 bits per heavy atom. The van der Waals surface area contributed by atoms with Gasteiger partial charge in [-0.15, -0.1) is 0 Å². The minimum Gasteiger partial charge on any atom is -0.296 e. The van der Waals surface area contributed by atoms with Crippen molar-refractivity contribution in [1.82, 2.24) is 4.98 Å². The Labute approximate surface area is 115 Å². The number of nitrogens with zero attached hydrogens (tertiary/aromatic N) is 1. The van der Waals surface area contributed by atoms with Gasteiger partial charge in [-0.3, -0.25) is 9.52 Å². The largest absolute Gasteiger partial charge is 0.296 e. The number of rotatable bonds is 4. The number of aromatic nitrogens is 1. The van der Waals surface area contributed by atoms with Gasteiger partial charge in [-0.05, 0) is 24.3 Å². The Hall–Kier alpha value is -1.92. The van der Waals surface area contributed by atoms with Gasteiger partial charge in [-0.1, -0.05) is 29.8 Å². The van der Waals surface area contributed by atoms with Crippen LogP contribution in [0.25, 0.3) is 0 Å². The third-order valence-corrected chi connectivity index (χ3v) is 3.89. The van der Waals surface area contributed by atoms with E-state index in [4.69, 9.17) is 11.6 Å². The van der Waals surface area contributed by atoms with Gasteiger partial charge >= 0.3 is 0 Å². The lowest BCUT2D eigenvalue weighted by atomic mass is 10.3. The van der Waals surface area contributed by atoms with Gasteiger partial charge in [0.2, 0.25) is 0 Å². The van der Waals surface area contributed by atoms with E-state index >= 15 is 0 Å². The molecular formula is C12H9ClN2O3S. The molecule has 2 rings (SSSR count). The lowest BCUT2D eigenvalue weighted by molar-refractivity contribution is 0.112. The zero-order valence-corrected chi connectivity index (χ0v) is 11.1. The highest BCUT2D eigenvalue weighted by atomic mass is 35.5. The maximum Gasteiger partial charge on any atom is 0.261 e. The molecule has 98 valence electrons. The van der Waals surface area contributed by atoms with E-state index in [2.05, 4.69) is 9.71 Å². The quantitative estimate of drug-likeness (QED) is 0.694. The third-order valence-electron chi connectivity index (χ3n) is 2.30. The second kappa shape index (κ2) is 5.38. The molecule has 2 aromatic rings. The number of nitrogens with one attached hydrogen (secondary N) is 1. The van der Waals surface area contributed by atoms with Crippen molar-refractivity contribution in [2.75, 3.05) is 4.72 Å². The van der Waals surface area contributed by atoms with Gasteiger partial charge in [0.15, 0.2) is 6.29 Å². The molecule has 1 aromatic heterocycles. The number of sulfonamides is 1. The maximum atomic E-state index is 12.1. The van der Waals surface area contributed by atoms with Crippen LogP contribution >= 0.6 is 11.6 Å². The highest BCUT2D eigenvalue weighted by Gasteiger charge is 2.16. The minimum atomic E-state index is -3.75. The Balaban J connectivity index is 2.39. The number of hydrogen-bond donors (Lipinski definition) is 1. The third kappa shape index (κ3) is 3.10. The first kappa shape index (κ1) is 13.5. The fraction of sp³-hybridized carbons (Fsp3) is 0. The van der Waals surface area contributed by atoms with E-state index < -0.39 is 10.0 Å². The van der Waals surface area contributed by atoms with Gasteiger partial charge in [0, 0.05) is 0 Å². The number of carbonyl (C=O) groups excluding carboxylic acids is 1. The van der Waals surface area contributed by atoms with Crippen LogP contribution < -0.4 is 4.72 Å². The van der Waals surface area contributed by atoms with Crippen LogP contribution in [0, 0.1) is 0 Å². The second-order valence-corrected chi connectivity index (χ2v) is 5.67. The second-order valence-electron chi connectivity index (χ2n) is 3.60. The number of carbonyl (C=O) groups is 1. The van der Waals surface area contributed by atoms with E-state index in [1.165, 1.54) is 24.3 Å². The topological polar surface area (TPSA) is 76.1 Å². The van der Waals surface area contributed by atoms with Crippen LogP contribution in [-0.4, -0.2) is 19.7 Å². The predicted molar refractivity (Wildman–Crippen MR) is 71.9 cm³/mol. The number of hydrogen-bond acceptors (Lipinski definition) is 4. The summed E-state index contributed by atoms with van der Waals surface area (Å²) in [5, 5.41) is 0.116. The fourth-order valence-electron chi connectivity index (χ4n) is 1.43. The van der Waals surface area contributed by atoms with E-state index in [1.54, 1.807) is 18.2 Å². The molecule has 0 bridgehead atoms. The summed E-state index contributed by atoms with van der Waals surface area (Å²) >= 11 is 5.64. The molecular weight excluding hydrogens is 288 g/mol. The summed E-state index contributed by atoms with van der Waals surface area (Å²) in [7, 11) is -3.75. The van der Waals surface area contributed by atoms with Crippen molar-refractivity contribution in [1.29, 1.82) is 0 Å². The monoisotopic (exact) mass is 296 g/mol. The average molecular weight is 297 g/mol. The van der Waals surface area contributed by atoms with Crippen molar-refractivity contribution in [2.45, 2.75) is 4.90 Å². The van der Waals surface area contributed by atoms with Gasteiger partial charge < -0.3 is 0 Å². The summed E-state index contributed by atoms with van der Waals surface area (Å²) in [6.07, 6.45) is 0.439. The lowest BCUT2D eigenvalue weighted by Gasteiger charge is -2.09. The van der Waals surface area contributed by atoms with E-state index in [0.717, 1.165) is 0 Å². The van der Waals surface area contributed by atoms with E-state index in [0.29, 0.717) is 6.29 Å². The van der Waals surface area contributed by atoms with E-state index in [-0.39, 0.29) is 21.4 Å². The summed E-state index contributed by atoms with van der Waals surface area (Å²) in [5.74, 6) is 0. The summed E-state index contributed by atoms with van der Waals surface area (Å²) in [4.78, 5) is 14.7. The van der Waals surface area contributed by atoms with Crippen LogP contribution in [0.15, 0.2) is 47.4 Å². The summed E-state index contributed by atoms with van der Waals surface area (Å²) in [6, 6.07) is 10.6. The molecule has 1 N–H and O–H groups in total. The van der Waals surface area contributed by atoms with Gasteiger partial charge in [0.25, 0.3) is 10.0 Å². The Morgan fingerprint density at radius 2 is 1.79 bits per heavy atom. The first-order chi connectivity index (χ1) is 9.03. The van der Waals surface area contributed by atoms with Gasteiger partial charge in [0.1, 0.15) is 10.8 Å².